The summed E-state index contributed by atoms with van der Waals surface area (Å²) in [4.78, 5) is 11.6. The SMILES string of the molecule is CC(C)N1CCC(NCc2csc(-c3ccccn3)n2)CC1. The monoisotopic (exact) mass is 316 g/mol. The Morgan fingerprint density at radius 1 is 1.32 bits per heavy atom. The third kappa shape index (κ3) is 3.91. The van der Waals surface area contributed by atoms with Crippen LogP contribution in [-0.4, -0.2) is 40.0 Å². The predicted molar refractivity (Wildman–Crippen MR) is 91.9 cm³/mol. The van der Waals surface area contributed by atoms with Crippen LogP contribution in [0.3, 0.4) is 0 Å². The molecule has 1 aliphatic rings. The molecule has 0 aliphatic carbocycles. The molecule has 1 saturated heterocycles. The molecule has 0 aromatic carbocycles. The lowest BCUT2D eigenvalue weighted by atomic mass is 10.0. The molecular formula is C17H24N4S. The summed E-state index contributed by atoms with van der Waals surface area (Å²) < 4.78 is 0. The molecule has 0 unspecified atom stereocenters. The maximum atomic E-state index is 4.69. The molecule has 0 atom stereocenters. The van der Waals surface area contributed by atoms with Crippen LogP contribution in [0, 0.1) is 0 Å². The number of rotatable bonds is 5. The normalized spacial score (nSPS) is 17.2. The van der Waals surface area contributed by atoms with E-state index < -0.39 is 0 Å². The molecule has 4 nitrogen and oxygen atoms in total. The number of piperidine rings is 1. The number of nitrogens with zero attached hydrogens (tertiary/aromatic N) is 3. The first-order valence-electron chi connectivity index (χ1n) is 8.05. The summed E-state index contributed by atoms with van der Waals surface area (Å²) in [6.07, 6.45) is 4.28. The fraction of sp³-hybridized carbons (Fsp3) is 0.529. The summed E-state index contributed by atoms with van der Waals surface area (Å²) in [7, 11) is 0. The van der Waals surface area contributed by atoms with Crippen LogP contribution in [0.25, 0.3) is 10.7 Å². The minimum absolute atomic E-state index is 0.620. The summed E-state index contributed by atoms with van der Waals surface area (Å²) in [6.45, 7) is 7.82. The molecule has 1 aliphatic heterocycles. The van der Waals surface area contributed by atoms with Crippen molar-refractivity contribution in [1.82, 2.24) is 20.2 Å². The van der Waals surface area contributed by atoms with Gasteiger partial charge in [-0.1, -0.05) is 6.07 Å². The van der Waals surface area contributed by atoms with E-state index >= 15 is 0 Å². The molecule has 0 radical (unpaired) electrons. The smallest absolute Gasteiger partial charge is 0.142 e. The van der Waals surface area contributed by atoms with Crippen LogP contribution >= 0.6 is 11.3 Å². The fourth-order valence-electron chi connectivity index (χ4n) is 2.86. The van der Waals surface area contributed by atoms with Crippen molar-refractivity contribution in [3.63, 3.8) is 0 Å². The second kappa shape index (κ2) is 7.31. The van der Waals surface area contributed by atoms with E-state index in [-0.39, 0.29) is 0 Å². The van der Waals surface area contributed by atoms with E-state index in [4.69, 9.17) is 4.98 Å². The van der Waals surface area contributed by atoms with Crippen LogP contribution in [0.4, 0.5) is 0 Å². The van der Waals surface area contributed by atoms with Crippen molar-refractivity contribution in [2.75, 3.05) is 13.1 Å². The average Bonchev–Trinajstić information content (AvgIpc) is 3.03. The molecule has 2 aromatic rings. The van der Waals surface area contributed by atoms with Crippen molar-refractivity contribution in [3.05, 3.63) is 35.5 Å². The molecule has 0 bridgehead atoms. The van der Waals surface area contributed by atoms with E-state index in [0.29, 0.717) is 12.1 Å². The zero-order valence-corrected chi connectivity index (χ0v) is 14.1. The van der Waals surface area contributed by atoms with Gasteiger partial charge in [-0.3, -0.25) is 4.98 Å². The maximum absolute atomic E-state index is 4.69. The molecule has 3 heterocycles. The highest BCUT2D eigenvalue weighted by Crippen LogP contribution is 2.21. The van der Waals surface area contributed by atoms with Crippen LogP contribution in [0.2, 0.25) is 0 Å². The summed E-state index contributed by atoms with van der Waals surface area (Å²) in [5.41, 5.74) is 2.08. The second-order valence-electron chi connectivity index (χ2n) is 6.14. The molecule has 5 heteroatoms. The average molecular weight is 316 g/mol. The third-order valence-corrected chi connectivity index (χ3v) is 5.18. The van der Waals surface area contributed by atoms with Crippen molar-refractivity contribution < 1.29 is 0 Å². The van der Waals surface area contributed by atoms with E-state index in [2.05, 4.69) is 34.4 Å². The van der Waals surface area contributed by atoms with Gasteiger partial charge in [0.15, 0.2) is 0 Å². The molecule has 2 aromatic heterocycles. The van der Waals surface area contributed by atoms with E-state index in [1.54, 1.807) is 11.3 Å². The Labute approximate surface area is 136 Å². The molecule has 1 N–H and O–H groups in total. The first-order valence-corrected chi connectivity index (χ1v) is 8.93. The van der Waals surface area contributed by atoms with Gasteiger partial charge < -0.3 is 10.2 Å². The van der Waals surface area contributed by atoms with Crippen LogP contribution in [0.15, 0.2) is 29.8 Å². The van der Waals surface area contributed by atoms with Crippen molar-refractivity contribution in [2.24, 2.45) is 0 Å². The van der Waals surface area contributed by atoms with Gasteiger partial charge in [0.1, 0.15) is 5.01 Å². The second-order valence-corrected chi connectivity index (χ2v) is 7.00. The number of hydrogen-bond donors (Lipinski definition) is 1. The topological polar surface area (TPSA) is 41.0 Å². The predicted octanol–water partition coefficient (Wildman–Crippen LogP) is 3.17. The minimum Gasteiger partial charge on any atom is -0.308 e. The summed E-state index contributed by atoms with van der Waals surface area (Å²) >= 11 is 1.67. The maximum Gasteiger partial charge on any atom is 0.142 e. The molecule has 0 amide bonds. The lowest BCUT2D eigenvalue weighted by Crippen LogP contribution is -2.44. The molecule has 22 heavy (non-hydrogen) atoms. The van der Waals surface area contributed by atoms with Gasteiger partial charge >= 0.3 is 0 Å². The Morgan fingerprint density at radius 2 is 2.14 bits per heavy atom. The van der Waals surface area contributed by atoms with Crippen molar-refractivity contribution in [1.29, 1.82) is 0 Å². The lowest BCUT2D eigenvalue weighted by molar-refractivity contribution is 0.160. The largest absolute Gasteiger partial charge is 0.308 e. The van der Waals surface area contributed by atoms with Crippen LogP contribution in [0.1, 0.15) is 32.4 Å². The van der Waals surface area contributed by atoms with Gasteiger partial charge in [-0.15, -0.1) is 11.3 Å². The van der Waals surface area contributed by atoms with Gasteiger partial charge in [0, 0.05) is 30.2 Å². The number of likely N-dealkylation sites (tertiary alicyclic amines) is 1. The Balaban J connectivity index is 1.50. The molecule has 3 rings (SSSR count). The van der Waals surface area contributed by atoms with Crippen LogP contribution in [-0.2, 0) is 6.54 Å². The Hall–Kier alpha value is -1.30. The number of pyridine rings is 1. The minimum atomic E-state index is 0.620. The van der Waals surface area contributed by atoms with E-state index in [9.17, 15) is 0 Å². The summed E-state index contributed by atoms with van der Waals surface area (Å²) in [5, 5.41) is 6.80. The zero-order valence-electron chi connectivity index (χ0n) is 13.3. The van der Waals surface area contributed by atoms with E-state index in [1.165, 1.54) is 25.9 Å². The molecule has 1 fully saturated rings. The fourth-order valence-corrected chi connectivity index (χ4v) is 3.66. The first kappa shape index (κ1) is 15.6. The Bertz CT molecular complexity index is 573. The van der Waals surface area contributed by atoms with Gasteiger partial charge in [-0.05, 0) is 51.9 Å². The number of aromatic nitrogens is 2. The number of thiazole rings is 1. The molecular weight excluding hydrogens is 292 g/mol. The highest BCUT2D eigenvalue weighted by atomic mass is 32.1. The summed E-state index contributed by atoms with van der Waals surface area (Å²) in [6, 6.07) is 7.24. The quantitative estimate of drug-likeness (QED) is 0.920. The van der Waals surface area contributed by atoms with Crippen molar-refractivity contribution in [2.45, 2.75) is 45.3 Å². The van der Waals surface area contributed by atoms with Gasteiger partial charge in [-0.2, -0.15) is 0 Å². The van der Waals surface area contributed by atoms with Crippen LogP contribution in [0.5, 0.6) is 0 Å². The summed E-state index contributed by atoms with van der Waals surface area (Å²) in [5.74, 6) is 0. The molecule has 0 saturated carbocycles. The number of nitrogens with one attached hydrogen (secondary N) is 1. The van der Waals surface area contributed by atoms with E-state index in [1.807, 2.05) is 24.4 Å². The number of hydrogen-bond acceptors (Lipinski definition) is 5. The Morgan fingerprint density at radius 3 is 2.82 bits per heavy atom. The van der Waals surface area contributed by atoms with E-state index in [0.717, 1.165) is 22.9 Å². The third-order valence-electron chi connectivity index (χ3n) is 4.27. The first-order chi connectivity index (χ1) is 10.7. The zero-order chi connectivity index (χ0) is 15.4. The highest BCUT2D eigenvalue weighted by Gasteiger charge is 2.20. The van der Waals surface area contributed by atoms with Gasteiger partial charge in [-0.25, -0.2) is 4.98 Å². The standard InChI is InChI=1S/C17H24N4S/c1-13(2)21-9-6-14(7-10-21)19-11-15-12-22-17(20-15)16-5-3-4-8-18-16/h3-5,8,12-14,19H,6-7,9-11H2,1-2H3. The Kier molecular flexibility index (Phi) is 5.18. The molecule has 118 valence electrons. The van der Waals surface area contributed by atoms with Crippen LogP contribution < -0.4 is 5.32 Å². The molecule has 0 spiro atoms. The van der Waals surface area contributed by atoms with Gasteiger partial charge in [0.25, 0.3) is 0 Å². The van der Waals surface area contributed by atoms with Crippen molar-refractivity contribution in [3.8, 4) is 10.7 Å². The highest BCUT2D eigenvalue weighted by molar-refractivity contribution is 7.13. The van der Waals surface area contributed by atoms with Gasteiger partial charge in [0.2, 0.25) is 0 Å². The lowest BCUT2D eigenvalue weighted by Gasteiger charge is -2.34. The van der Waals surface area contributed by atoms with Crippen molar-refractivity contribution >= 4 is 11.3 Å². The van der Waals surface area contributed by atoms with Gasteiger partial charge in [0.05, 0.1) is 11.4 Å².